The van der Waals surface area contributed by atoms with Crippen molar-refractivity contribution in [3.05, 3.63) is 29.3 Å². The number of aryl methyl sites for hydroxylation is 2. The van der Waals surface area contributed by atoms with Gasteiger partial charge in [-0.05, 0) is 38.0 Å². The Balaban J connectivity index is 1.90. The maximum absolute atomic E-state index is 12.9. The van der Waals surface area contributed by atoms with Crippen LogP contribution in [0, 0.1) is 13.8 Å². The number of ether oxygens (including phenoxy) is 1. The van der Waals surface area contributed by atoms with E-state index in [4.69, 9.17) is 10.5 Å². The number of primary amides is 1. The van der Waals surface area contributed by atoms with Gasteiger partial charge in [-0.2, -0.15) is 4.31 Å². The second-order valence-corrected chi connectivity index (χ2v) is 8.99. The lowest BCUT2D eigenvalue weighted by Gasteiger charge is -2.34. The number of carbonyl (C=O) groups excluding carboxylic acids is 3. The van der Waals surface area contributed by atoms with Gasteiger partial charge in [0.1, 0.15) is 0 Å². The molecule has 29 heavy (non-hydrogen) atoms. The molecule has 1 fully saturated rings. The van der Waals surface area contributed by atoms with Crippen LogP contribution >= 0.6 is 0 Å². The maximum Gasteiger partial charge on any atom is 0.307 e. The molecule has 9 nitrogen and oxygen atoms in total. The zero-order valence-corrected chi connectivity index (χ0v) is 17.7. The van der Waals surface area contributed by atoms with Gasteiger partial charge >= 0.3 is 5.97 Å². The summed E-state index contributed by atoms with van der Waals surface area (Å²) in [6.45, 7) is 5.81. The van der Waals surface area contributed by atoms with Crippen molar-refractivity contribution in [2.24, 2.45) is 5.73 Å². The lowest BCUT2D eigenvalue weighted by Crippen LogP contribution is -2.50. The van der Waals surface area contributed by atoms with Crippen LogP contribution in [-0.2, 0) is 29.1 Å². The molecule has 10 heteroatoms. The monoisotopic (exact) mass is 425 g/mol. The standard InChI is InChI=1S/C19H27N3O6S/c1-13-4-5-14(2)16(12-13)29(26,27)22-10-8-21(9-11-22)17(23)6-7-18(24)28-15(3)19(20)25/h4-5,12,15H,6-11H2,1-3H3,(H2,20,25)/t15-/m1/s1. The first-order valence-electron chi connectivity index (χ1n) is 9.36. The largest absolute Gasteiger partial charge is 0.453 e. The minimum atomic E-state index is -3.63. The molecule has 1 saturated heterocycles. The van der Waals surface area contributed by atoms with Crippen LogP contribution in [0.1, 0.15) is 30.9 Å². The summed E-state index contributed by atoms with van der Waals surface area (Å²) in [5, 5.41) is 0. The van der Waals surface area contributed by atoms with Gasteiger partial charge < -0.3 is 15.4 Å². The highest BCUT2D eigenvalue weighted by Gasteiger charge is 2.31. The molecule has 1 aliphatic heterocycles. The van der Waals surface area contributed by atoms with E-state index >= 15 is 0 Å². The second kappa shape index (κ2) is 9.36. The fourth-order valence-electron chi connectivity index (χ4n) is 2.98. The molecule has 160 valence electrons. The minimum absolute atomic E-state index is 0.0753. The van der Waals surface area contributed by atoms with Crippen molar-refractivity contribution in [1.29, 1.82) is 0 Å². The number of esters is 1. The maximum atomic E-state index is 12.9. The fourth-order valence-corrected chi connectivity index (χ4v) is 4.72. The molecular weight excluding hydrogens is 398 g/mol. The molecule has 0 saturated carbocycles. The van der Waals surface area contributed by atoms with Gasteiger partial charge in [0.15, 0.2) is 6.10 Å². The molecule has 1 atom stereocenters. The molecule has 2 N–H and O–H groups in total. The molecule has 1 heterocycles. The van der Waals surface area contributed by atoms with E-state index in [9.17, 15) is 22.8 Å². The van der Waals surface area contributed by atoms with Crippen LogP contribution in [0.3, 0.4) is 0 Å². The first kappa shape index (κ1) is 22.8. The van der Waals surface area contributed by atoms with Gasteiger partial charge in [-0.15, -0.1) is 0 Å². The van der Waals surface area contributed by atoms with Crippen LogP contribution in [0.25, 0.3) is 0 Å². The Morgan fingerprint density at radius 3 is 2.31 bits per heavy atom. The number of piperazine rings is 1. The quantitative estimate of drug-likeness (QED) is 0.628. The summed E-state index contributed by atoms with van der Waals surface area (Å²) in [6, 6.07) is 5.29. The molecule has 1 aromatic carbocycles. The molecule has 0 unspecified atom stereocenters. The van der Waals surface area contributed by atoms with E-state index in [1.165, 1.54) is 16.1 Å². The molecule has 0 aromatic heterocycles. The summed E-state index contributed by atoms with van der Waals surface area (Å²) < 4.78 is 32.1. The number of hydrogen-bond donors (Lipinski definition) is 1. The van der Waals surface area contributed by atoms with Gasteiger partial charge in [0.2, 0.25) is 15.9 Å². The van der Waals surface area contributed by atoms with Crippen molar-refractivity contribution >= 4 is 27.8 Å². The Kier molecular flexibility index (Phi) is 7.37. The number of rotatable bonds is 7. The highest BCUT2D eigenvalue weighted by Crippen LogP contribution is 2.22. The van der Waals surface area contributed by atoms with Crippen LogP contribution in [-0.4, -0.2) is 67.7 Å². The molecule has 1 aromatic rings. The molecule has 2 rings (SSSR count). The van der Waals surface area contributed by atoms with Crippen LogP contribution < -0.4 is 5.73 Å². The summed E-state index contributed by atoms with van der Waals surface area (Å²) >= 11 is 0. The van der Waals surface area contributed by atoms with Crippen molar-refractivity contribution in [3.8, 4) is 0 Å². The third-order valence-corrected chi connectivity index (χ3v) is 6.85. The van der Waals surface area contributed by atoms with E-state index in [1.54, 1.807) is 19.1 Å². The molecule has 0 aliphatic carbocycles. The highest BCUT2D eigenvalue weighted by molar-refractivity contribution is 7.89. The van der Waals surface area contributed by atoms with Crippen LogP contribution in [0.15, 0.2) is 23.1 Å². The number of sulfonamides is 1. The van der Waals surface area contributed by atoms with Crippen LogP contribution in [0.4, 0.5) is 0 Å². The Labute approximate surface area is 170 Å². The molecule has 0 radical (unpaired) electrons. The van der Waals surface area contributed by atoms with Crippen molar-refractivity contribution in [1.82, 2.24) is 9.21 Å². The number of carbonyl (C=O) groups is 3. The van der Waals surface area contributed by atoms with Crippen LogP contribution in [0.5, 0.6) is 0 Å². The highest BCUT2D eigenvalue weighted by atomic mass is 32.2. The number of nitrogens with zero attached hydrogens (tertiary/aromatic N) is 2. The van der Waals surface area contributed by atoms with Gasteiger partial charge in [0, 0.05) is 32.6 Å². The van der Waals surface area contributed by atoms with E-state index in [2.05, 4.69) is 0 Å². The first-order chi connectivity index (χ1) is 13.5. The lowest BCUT2D eigenvalue weighted by atomic mass is 10.2. The van der Waals surface area contributed by atoms with Crippen molar-refractivity contribution in [3.63, 3.8) is 0 Å². The van der Waals surface area contributed by atoms with E-state index < -0.39 is 28.0 Å². The zero-order chi connectivity index (χ0) is 21.8. The van der Waals surface area contributed by atoms with Gasteiger partial charge in [0.25, 0.3) is 5.91 Å². The molecule has 0 spiro atoms. The smallest absolute Gasteiger partial charge is 0.307 e. The normalized spacial score (nSPS) is 16.3. The van der Waals surface area contributed by atoms with Gasteiger partial charge in [-0.1, -0.05) is 12.1 Å². The van der Waals surface area contributed by atoms with Gasteiger partial charge in [0.05, 0.1) is 11.3 Å². The second-order valence-electron chi connectivity index (χ2n) is 7.09. The predicted octanol–water partition coefficient (Wildman–Crippen LogP) is 0.334. The number of hydrogen-bond acceptors (Lipinski definition) is 6. The average molecular weight is 426 g/mol. The predicted molar refractivity (Wildman–Crippen MR) is 105 cm³/mol. The third kappa shape index (κ3) is 5.77. The van der Waals surface area contributed by atoms with Gasteiger partial charge in [-0.3, -0.25) is 14.4 Å². The van der Waals surface area contributed by atoms with Gasteiger partial charge in [-0.25, -0.2) is 8.42 Å². The lowest BCUT2D eigenvalue weighted by molar-refractivity contribution is -0.154. The van der Waals surface area contributed by atoms with E-state index in [-0.39, 0.29) is 49.8 Å². The molecule has 2 amide bonds. The molecule has 0 bridgehead atoms. The average Bonchev–Trinajstić information content (AvgIpc) is 2.67. The summed E-state index contributed by atoms with van der Waals surface area (Å²) in [4.78, 5) is 36.7. The van der Waals surface area contributed by atoms with Crippen molar-refractivity contribution in [2.45, 2.75) is 44.6 Å². The summed E-state index contributed by atoms with van der Waals surface area (Å²) in [6.07, 6.45) is -1.29. The minimum Gasteiger partial charge on any atom is -0.453 e. The summed E-state index contributed by atoms with van der Waals surface area (Å²) in [7, 11) is -3.63. The topological polar surface area (TPSA) is 127 Å². The Bertz CT molecular complexity index is 891. The van der Waals surface area contributed by atoms with Crippen molar-refractivity contribution in [2.75, 3.05) is 26.2 Å². The Hall–Kier alpha value is -2.46. The third-order valence-electron chi connectivity index (χ3n) is 4.80. The molecule has 1 aliphatic rings. The number of amides is 2. The van der Waals surface area contributed by atoms with Crippen molar-refractivity contribution < 1.29 is 27.5 Å². The van der Waals surface area contributed by atoms with Crippen LogP contribution in [0.2, 0.25) is 0 Å². The Morgan fingerprint density at radius 1 is 1.10 bits per heavy atom. The van der Waals surface area contributed by atoms with E-state index in [1.807, 2.05) is 13.0 Å². The number of nitrogens with two attached hydrogens (primary N) is 1. The zero-order valence-electron chi connectivity index (χ0n) is 16.9. The summed E-state index contributed by atoms with van der Waals surface area (Å²) in [5.74, 6) is -1.70. The van der Waals surface area contributed by atoms with E-state index in [0.29, 0.717) is 5.56 Å². The number of benzene rings is 1. The Morgan fingerprint density at radius 2 is 1.72 bits per heavy atom. The van der Waals surface area contributed by atoms with E-state index in [0.717, 1.165) is 5.56 Å². The molecular formula is C19H27N3O6S. The first-order valence-corrected chi connectivity index (χ1v) is 10.8. The summed E-state index contributed by atoms with van der Waals surface area (Å²) in [5.41, 5.74) is 6.56. The SMILES string of the molecule is Cc1ccc(C)c(S(=O)(=O)N2CCN(C(=O)CCC(=O)O[C@H](C)C(N)=O)CC2)c1. The fraction of sp³-hybridized carbons (Fsp3) is 0.526.